The van der Waals surface area contributed by atoms with Crippen LogP contribution < -0.4 is 14.4 Å². The van der Waals surface area contributed by atoms with Crippen LogP contribution in [0.25, 0.3) is 0 Å². The highest BCUT2D eigenvalue weighted by Crippen LogP contribution is 2.30. The Balaban J connectivity index is 1.59. The number of benzene rings is 3. The van der Waals surface area contributed by atoms with Crippen molar-refractivity contribution in [3.8, 4) is 5.75 Å². The van der Waals surface area contributed by atoms with E-state index in [1.807, 2.05) is 37.3 Å². The number of nitrogens with zero attached hydrogens (tertiary/aromatic N) is 2. The molecular weight excluding hydrogens is 593 g/mol. The lowest BCUT2D eigenvalue weighted by Crippen LogP contribution is -2.52. The molecule has 0 aliphatic heterocycles. The normalized spacial score (nSPS) is 14.4. The molecule has 1 unspecified atom stereocenters. The number of ether oxygens (including phenoxy) is 1. The predicted molar refractivity (Wildman–Crippen MR) is 175 cm³/mol. The fourth-order valence-corrected chi connectivity index (χ4v) is 6.78. The van der Waals surface area contributed by atoms with Crippen molar-refractivity contribution in [2.45, 2.75) is 76.9 Å². The summed E-state index contributed by atoms with van der Waals surface area (Å²) < 4.78 is 46.4. The van der Waals surface area contributed by atoms with E-state index in [-0.39, 0.29) is 49.6 Å². The molecule has 1 N–H and O–H groups in total. The van der Waals surface area contributed by atoms with Gasteiger partial charge in [-0.1, -0.05) is 73.9 Å². The van der Waals surface area contributed by atoms with E-state index in [4.69, 9.17) is 4.74 Å². The Morgan fingerprint density at radius 3 is 2.27 bits per heavy atom. The van der Waals surface area contributed by atoms with Gasteiger partial charge in [-0.05, 0) is 61.6 Å². The first-order valence-electron chi connectivity index (χ1n) is 15.7. The number of carbonyl (C=O) groups is 2. The van der Waals surface area contributed by atoms with E-state index in [2.05, 4.69) is 5.32 Å². The topological polar surface area (TPSA) is 96.0 Å². The van der Waals surface area contributed by atoms with E-state index in [1.165, 1.54) is 16.4 Å². The molecule has 8 nitrogen and oxygen atoms in total. The van der Waals surface area contributed by atoms with Gasteiger partial charge in [0, 0.05) is 32.0 Å². The zero-order valence-electron chi connectivity index (χ0n) is 26.2. The summed E-state index contributed by atoms with van der Waals surface area (Å²) in [5.74, 6) is -0.451. The average Bonchev–Trinajstić information content (AvgIpc) is 3.03. The Morgan fingerprint density at radius 1 is 0.933 bits per heavy atom. The van der Waals surface area contributed by atoms with Crippen LogP contribution in [0.1, 0.15) is 63.0 Å². The van der Waals surface area contributed by atoms with E-state index in [9.17, 15) is 22.4 Å². The van der Waals surface area contributed by atoms with Crippen molar-refractivity contribution in [3.05, 3.63) is 95.8 Å². The average molecular weight is 638 g/mol. The van der Waals surface area contributed by atoms with Gasteiger partial charge in [0.2, 0.25) is 21.8 Å². The third-order valence-corrected chi connectivity index (χ3v) is 9.25. The summed E-state index contributed by atoms with van der Waals surface area (Å²) >= 11 is 0. The second-order valence-electron chi connectivity index (χ2n) is 11.5. The summed E-state index contributed by atoms with van der Waals surface area (Å²) in [5, 5.41) is 3.21. The lowest BCUT2D eigenvalue weighted by atomic mass is 9.94. The Bertz CT molecular complexity index is 1500. The molecule has 45 heavy (non-hydrogen) atoms. The predicted octanol–water partition coefficient (Wildman–Crippen LogP) is 5.86. The number of hydrogen-bond acceptors (Lipinski definition) is 5. The third kappa shape index (κ3) is 10.0. The number of amides is 2. The summed E-state index contributed by atoms with van der Waals surface area (Å²) in [7, 11) is -3.69. The number of rotatable bonds is 15. The molecule has 1 fully saturated rings. The molecule has 1 saturated carbocycles. The standard InChI is InChI=1S/C35H44FN3O5S/c1-3-44-33-18-11-10-17-31(33)39(45(2,42)43)24-12-19-34(40)38(26-28-20-22-29(36)23-21-28)32(25-27-13-6-4-7-14-27)35(41)37-30-15-8-5-9-16-30/h4,6-7,10-11,13-14,17-18,20-23,30,32H,3,5,8-9,12,15-16,19,24-26H2,1-2H3,(H,37,41). The molecule has 1 aliphatic rings. The first-order valence-corrected chi connectivity index (χ1v) is 17.6. The third-order valence-electron chi connectivity index (χ3n) is 8.07. The van der Waals surface area contributed by atoms with Crippen molar-refractivity contribution in [1.29, 1.82) is 0 Å². The lowest BCUT2D eigenvalue weighted by Gasteiger charge is -2.34. The quantitative estimate of drug-likeness (QED) is 0.225. The molecule has 10 heteroatoms. The van der Waals surface area contributed by atoms with Gasteiger partial charge in [-0.3, -0.25) is 13.9 Å². The van der Waals surface area contributed by atoms with Crippen LogP contribution in [-0.4, -0.2) is 56.6 Å². The van der Waals surface area contributed by atoms with Crippen molar-refractivity contribution < 1.29 is 27.1 Å². The van der Waals surface area contributed by atoms with Gasteiger partial charge in [-0.15, -0.1) is 0 Å². The van der Waals surface area contributed by atoms with Gasteiger partial charge in [0.1, 0.15) is 17.6 Å². The number of halogens is 1. The van der Waals surface area contributed by atoms with Gasteiger partial charge >= 0.3 is 0 Å². The Hall–Kier alpha value is -3.92. The van der Waals surface area contributed by atoms with Crippen LogP contribution in [0.3, 0.4) is 0 Å². The minimum absolute atomic E-state index is 0.00597. The van der Waals surface area contributed by atoms with Crippen LogP contribution in [-0.2, 0) is 32.6 Å². The molecule has 1 atom stereocenters. The van der Waals surface area contributed by atoms with Crippen molar-refractivity contribution in [1.82, 2.24) is 10.2 Å². The highest BCUT2D eigenvalue weighted by Gasteiger charge is 2.32. The van der Waals surface area contributed by atoms with E-state index in [1.54, 1.807) is 41.3 Å². The first-order chi connectivity index (χ1) is 21.7. The summed E-state index contributed by atoms with van der Waals surface area (Å²) in [6, 6.07) is 21.6. The number of sulfonamides is 1. The molecule has 0 radical (unpaired) electrons. The Kier molecular flexibility index (Phi) is 12.4. The van der Waals surface area contributed by atoms with Crippen LogP contribution >= 0.6 is 0 Å². The minimum Gasteiger partial charge on any atom is -0.492 e. The van der Waals surface area contributed by atoms with E-state index in [0.717, 1.165) is 43.9 Å². The van der Waals surface area contributed by atoms with Gasteiger partial charge in [0.15, 0.2) is 0 Å². The first kappa shape index (κ1) is 34.0. The van der Waals surface area contributed by atoms with Crippen LogP contribution in [0.4, 0.5) is 10.1 Å². The molecule has 0 heterocycles. The fourth-order valence-electron chi connectivity index (χ4n) is 5.81. The number of para-hydroxylation sites is 2. The summed E-state index contributed by atoms with van der Waals surface area (Å²) in [4.78, 5) is 29.6. The van der Waals surface area contributed by atoms with Gasteiger partial charge in [-0.25, -0.2) is 12.8 Å². The zero-order chi connectivity index (χ0) is 32.2. The highest BCUT2D eigenvalue weighted by atomic mass is 32.2. The smallest absolute Gasteiger partial charge is 0.243 e. The van der Waals surface area contributed by atoms with Crippen LogP contribution in [0.5, 0.6) is 5.75 Å². The molecule has 3 aromatic carbocycles. The maximum atomic E-state index is 14.1. The zero-order valence-corrected chi connectivity index (χ0v) is 27.0. The summed E-state index contributed by atoms with van der Waals surface area (Å²) in [5.41, 5.74) is 2.01. The van der Waals surface area contributed by atoms with Crippen molar-refractivity contribution in [2.75, 3.05) is 23.7 Å². The summed E-state index contributed by atoms with van der Waals surface area (Å²) in [6.45, 7) is 2.36. The molecule has 242 valence electrons. The van der Waals surface area contributed by atoms with Gasteiger partial charge in [-0.2, -0.15) is 0 Å². The van der Waals surface area contributed by atoms with Crippen LogP contribution in [0.15, 0.2) is 78.9 Å². The number of anilines is 1. The van der Waals surface area contributed by atoms with E-state index < -0.39 is 16.1 Å². The van der Waals surface area contributed by atoms with Crippen molar-refractivity contribution in [2.24, 2.45) is 0 Å². The highest BCUT2D eigenvalue weighted by molar-refractivity contribution is 7.92. The fraction of sp³-hybridized carbons (Fsp3) is 0.429. The lowest BCUT2D eigenvalue weighted by molar-refractivity contribution is -0.141. The summed E-state index contributed by atoms with van der Waals surface area (Å²) in [6.07, 6.45) is 6.72. The molecule has 1 aliphatic carbocycles. The second kappa shape index (κ2) is 16.4. The number of carbonyl (C=O) groups excluding carboxylic acids is 2. The largest absolute Gasteiger partial charge is 0.492 e. The molecule has 0 bridgehead atoms. The SMILES string of the molecule is CCOc1ccccc1N(CCCC(=O)N(Cc1ccc(F)cc1)C(Cc1ccccc1)C(=O)NC1CCCCC1)S(C)(=O)=O. The van der Waals surface area contributed by atoms with Gasteiger partial charge < -0.3 is 15.0 Å². The Morgan fingerprint density at radius 2 is 1.60 bits per heavy atom. The number of nitrogens with one attached hydrogen (secondary N) is 1. The van der Waals surface area contributed by atoms with E-state index >= 15 is 0 Å². The molecular formula is C35H44FN3O5S. The number of hydrogen-bond donors (Lipinski definition) is 1. The van der Waals surface area contributed by atoms with Crippen molar-refractivity contribution in [3.63, 3.8) is 0 Å². The maximum absolute atomic E-state index is 14.1. The maximum Gasteiger partial charge on any atom is 0.243 e. The molecule has 0 aromatic heterocycles. The monoisotopic (exact) mass is 637 g/mol. The minimum atomic E-state index is -3.69. The van der Waals surface area contributed by atoms with Crippen LogP contribution in [0.2, 0.25) is 0 Å². The van der Waals surface area contributed by atoms with Gasteiger partial charge in [0.25, 0.3) is 0 Å². The van der Waals surface area contributed by atoms with Crippen LogP contribution in [0, 0.1) is 5.82 Å². The van der Waals surface area contributed by atoms with Gasteiger partial charge in [0.05, 0.1) is 18.6 Å². The molecule has 2 amide bonds. The molecule has 4 rings (SSSR count). The van der Waals surface area contributed by atoms with Crippen molar-refractivity contribution >= 4 is 27.5 Å². The Labute approximate surface area is 266 Å². The molecule has 3 aromatic rings. The molecule has 0 spiro atoms. The molecule has 0 saturated heterocycles. The second-order valence-corrected chi connectivity index (χ2v) is 13.4. The van der Waals surface area contributed by atoms with E-state index in [0.29, 0.717) is 30.0 Å².